The lowest BCUT2D eigenvalue weighted by atomic mass is 10.4. The number of hydrogen-bond donors (Lipinski definition) is 0. The van der Waals surface area contributed by atoms with Gasteiger partial charge >= 0.3 is 0 Å². The van der Waals surface area contributed by atoms with E-state index in [9.17, 15) is 4.79 Å². The maximum atomic E-state index is 10.2. The van der Waals surface area contributed by atoms with Gasteiger partial charge in [-0.15, -0.1) is 0 Å². The Morgan fingerprint density at radius 3 is 2.91 bits per heavy atom. The lowest BCUT2D eigenvalue weighted by molar-refractivity contribution is 0.111. The van der Waals surface area contributed by atoms with Gasteiger partial charge in [0.25, 0.3) is 0 Å². The van der Waals surface area contributed by atoms with Crippen LogP contribution in [0.15, 0.2) is 10.6 Å². The molecule has 0 bridgehead atoms. The SMILES string of the molecule is CN(C)Cc1cc(C=O)no1. The minimum atomic E-state index is 0.349. The summed E-state index contributed by atoms with van der Waals surface area (Å²) in [6.45, 7) is 0.667. The Labute approximate surface area is 64.8 Å². The summed E-state index contributed by atoms with van der Waals surface area (Å²) in [7, 11) is 3.84. The number of rotatable bonds is 3. The van der Waals surface area contributed by atoms with E-state index < -0.39 is 0 Å². The number of carbonyl (C=O) groups excluding carboxylic acids is 1. The molecule has 60 valence electrons. The third-order valence-electron chi connectivity index (χ3n) is 1.17. The Kier molecular flexibility index (Phi) is 2.38. The normalized spacial score (nSPS) is 10.5. The zero-order chi connectivity index (χ0) is 8.27. The van der Waals surface area contributed by atoms with Crippen LogP contribution >= 0.6 is 0 Å². The van der Waals surface area contributed by atoms with Gasteiger partial charge in [-0.3, -0.25) is 4.79 Å². The fraction of sp³-hybridized carbons (Fsp3) is 0.429. The predicted octanol–water partition coefficient (Wildman–Crippen LogP) is 0.549. The Balaban J connectivity index is 2.65. The number of aldehydes is 1. The summed E-state index contributed by atoms with van der Waals surface area (Å²) >= 11 is 0. The van der Waals surface area contributed by atoms with Crippen molar-refractivity contribution in [3.8, 4) is 0 Å². The highest BCUT2D eigenvalue weighted by Crippen LogP contribution is 2.02. The Morgan fingerprint density at radius 2 is 2.45 bits per heavy atom. The molecule has 1 heterocycles. The molecule has 1 rings (SSSR count). The van der Waals surface area contributed by atoms with E-state index in [-0.39, 0.29) is 0 Å². The summed E-state index contributed by atoms with van der Waals surface area (Å²) in [5.74, 6) is 0.706. The van der Waals surface area contributed by atoms with Gasteiger partial charge in [-0.05, 0) is 14.1 Å². The molecule has 0 aliphatic rings. The molecule has 1 aromatic rings. The van der Waals surface area contributed by atoms with E-state index in [1.165, 1.54) is 0 Å². The number of nitrogens with zero attached hydrogens (tertiary/aromatic N) is 2. The van der Waals surface area contributed by atoms with Crippen molar-refractivity contribution in [3.63, 3.8) is 0 Å². The average Bonchev–Trinajstić information content (AvgIpc) is 2.34. The number of carbonyl (C=O) groups is 1. The van der Waals surface area contributed by atoms with Crippen molar-refractivity contribution in [2.75, 3.05) is 14.1 Å². The zero-order valence-corrected chi connectivity index (χ0v) is 6.57. The van der Waals surface area contributed by atoms with Gasteiger partial charge in [-0.2, -0.15) is 0 Å². The van der Waals surface area contributed by atoms with Crippen LogP contribution in [-0.2, 0) is 6.54 Å². The van der Waals surface area contributed by atoms with E-state index in [0.29, 0.717) is 24.3 Å². The van der Waals surface area contributed by atoms with Gasteiger partial charge in [0.2, 0.25) is 0 Å². The smallest absolute Gasteiger partial charge is 0.171 e. The number of aromatic nitrogens is 1. The molecule has 0 aliphatic carbocycles. The van der Waals surface area contributed by atoms with Crippen LogP contribution in [0.2, 0.25) is 0 Å². The Hall–Kier alpha value is -1.16. The Morgan fingerprint density at radius 1 is 1.73 bits per heavy atom. The van der Waals surface area contributed by atoms with Gasteiger partial charge < -0.3 is 9.42 Å². The maximum absolute atomic E-state index is 10.2. The van der Waals surface area contributed by atoms with Crippen LogP contribution in [0, 0.1) is 0 Å². The van der Waals surface area contributed by atoms with Crippen molar-refractivity contribution in [2.45, 2.75) is 6.54 Å². The molecule has 0 aliphatic heterocycles. The van der Waals surface area contributed by atoms with Crippen LogP contribution in [0.4, 0.5) is 0 Å². The molecule has 0 amide bonds. The molecule has 0 fully saturated rings. The first-order valence-electron chi connectivity index (χ1n) is 3.28. The first-order chi connectivity index (χ1) is 5.22. The summed E-state index contributed by atoms with van der Waals surface area (Å²) in [5.41, 5.74) is 0.349. The fourth-order valence-electron chi connectivity index (χ4n) is 0.771. The van der Waals surface area contributed by atoms with Crippen molar-refractivity contribution in [3.05, 3.63) is 17.5 Å². The van der Waals surface area contributed by atoms with Crippen LogP contribution < -0.4 is 0 Å². The predicted molar refractivity (Wildman–Crippen MR) is 39.3 cm³/mol. The van der Waals surface area contributed by atoms with E-state index in [2.05, 4.69) is 5.16 Å². The molecule has 4 heteroatoms. The molecule has 0 N–H and O–H groups in total. The molecule has 4 nitrogen and oxygen atoms in total. The lowest BCUT2D eigenvalue weighted by Crippen LogP contribution is -2.09. The van der Waals surface area contributed by atoms with Crippen LogP contribution in [0.25, 0.3) is 0 Å². The highest BCUT2D eigenvalue weighted by molar-refractivity contribution is 5.71. The molecule has 0 saturated carbocycles. The van der Waals surface area contributed by atoms with Gasteiger partial charge in [0.15, 0.2) is 12.0 Å². The summed E-state index contributed by atoms with van der Waals surface area (Å²) in [6.07, 6.45) is 0.669. The minimum absolute atomic E-state index is 0.349. The second-order valence-corrected chi connectivity index (χ2v) is 2.57. The van der Waals surface area contributed by atoms with Gasteiger partial charge in [0, 0.05) is 6.07 Å². The highest BCUT2D eigenvalue weighted by Gasteiger charge is 2.02. The molecule has 0 spiro atoms. The van der Waals surface area contributed by atoms with Crippen molar-refractivity contribution in [1.82, 2.24) is 10.1 Å². The highest BCUT2D eigenvalue weighted by atomic mass is 16.5. The van der Waals surface area contributed by atoms with Crippen LogP contribution in [0.1, 0.15) is 16.2 Å². The van der Waals surface area contributed by atoms with Gasteiger partial charge in [-0.25, -0.2) is 0 Å². The largest absolute Gasteiger partial charge is 0.359 e. The molecule has 0 unspecified atom stereocenters. The molecule has 0 radical (unpaired) electrons. The van der Waals surface area contributed by atoms with Crippen molar-refractivity contribution >= 4 is 6.29 Å². The zero-order valence-electron chi connectivity index (χ0n) is 6.57. The second kappa shape index (κ2) is 3.30. The topological polar surface area (TPSA) is 46.3 Å². The Bertz CT molecular complexity index is 242. The molecule has 11 heavy (non-hydrogen) atoms. The van der Waals surface area contributed by atoms with E-state index in [1.54, 1.807) is 6.07 Å². The standard InChI is InChI=1S/C7H10N2O2/c1-9(2)4-7-3-6(5-10)8-11-7/h3,5H,4H2,1-2H3. The van der Waals surface area contributed by atoms with Crippen LogP contribution in [0.5, 0.6) is 0 Å². The number of hydrogen-bond acceptors (Lipinski definition) is 4. The molecule has 1 aromatic heterocycles. The summed E-state index contributed by atoms with van der Waals surface area (Å²) in [4.78, 5) is 12.1. The van der Waals surface area contributed by atoms with Gasteiger partial charge in [-0.1, -0.05) is 5.16 Å². The summed E-state index contributed by atoms with van der Waals surface area (Å²) in [6, 6.07) is 1.63. The molecule has 0 aromatic carbocycles. The van der Waals surface area contributed by atoms with Gasteiger partial charge in [0.05, 0.1) is 6.54 Å². The van der Waals surface area contributed by atoms with E-state index in [1.807, 2.05) is 19.0 Å². The van der Waals surface area contributed by atoms with Crippen molar-refractivity contribution in [1.29, 1.82) is 0 Å². The van der Waals surface area contributed by atoms with Crippen molar-refractivity contribution < 1.29 is 9.32 Å². The first kappa shape index (κ1) is 7.94. The quantitative estimate of drug-likeness (QED) is 0.596. The monoisotopic (exact) mass is 154 g/mol. The van der Waals surface area contributed by atoms with Gasteiger partial charge in [0.1, 0.15) is 5.69 Å². The van der Waals surface area contributed by atoms with Crippen LogP contribution in [0.3, 0.4) is 0 Å². The maximum Gasteiger partial charge on any atom is 0.171 e. The lowest BCUT2D eigenvalue weighted by Gasteiger charge is -2.03. The first-order valence-corrected chi connectivity index (χ1v) is 3.28. The third kappa shape index (κ3) is 2.16. The average molecular weight is 154 g/mol. The minimum Gasteiger partial charge on any atom is -0.359 e. The molecule has 0 atom stereocenters. The fourth-order valence-corrected chi connectivity index (χ4v) is 0.771. The molecular formula is C7H10N2O2. The van der Waals surface area contributed by atoms with Crippen LogP contribution in [-0.4, -0.2) is 30.4 Å². The van der Waals surface area contributed by atoms with E-state index in [4.69, 9.17) is 4.52 Å². The summed E-state index contributed by atoms with van der Waals surface area (Å²) < 4.78 is 4.84. The second-order valence-electron chi connectivity index (χ2n) is 2.57. The summed E-state index contributed by atoms with van der Waals surface area (Å²) in [5, 5.41) is 3.52. The third-order valence-corrected chi connectivity index (χ3v) is 1.17. The molecular weight excluding hydrogens is 144 g/mol. The van der Waals surface area contributed by atoms with Crippen molar-refractivity contribution in [2.24, 2.45) is 0 Å². The molecule has 0 saturated heterocycles. The van der Waals surface area contributed by atoms with E-state index >= 15 is 0 Å². The van der Waals surface area contributed by atoms with E-state index in [0.717, 1.165) is 0 Å².